The maximum absolute atomic E-state index is 4.81. The number of anilines is 1. The van der Waals surface area contributed by atoms with Gasteiger partial charge in [0.1, 0.15) is 0 Å². The molecule has 4 nitrogen and oxygen atoms in total. The Kier molecular flexibility index (Phi) is 5.58. The lowest BCUT2D eigenvalue weighted by molar-refractivity contribution is 0.885. The van der Waals surface area contributed by atoms with Crippen LogP contribution in [0.3, 0.4) is 0 Å². The predicted molar refractivity (Wildman–Crippen MR) is 125 cm³/mol. The molecule has 0 saturated carbocycles. The first-order valence-corrected chi connectivity index (χ1v) is 10.1. The van der Waals surface area contributed by atoms with E-state index in [0.717, 1.165) is 38.5 Å². The van der Waals surface area contributed by atoms with Crippen LogP contribution in [0.5, 0.6) is 0 Å². The zero-order chi connectivity index (χ0) is 20.2. The number of benzene rings is 3. The molecular weight excluding hydrogens is 424 g/mol. The first-order chi connectivity index (χ1) is 14.1. The highest BCUT2D eigenvalue weighted by Crippen LogP contribution is 2.27. The lowest BCUT2D eigenvalue weighted by Gasteiger charge is -2.11. The lowest BCUT2D eigenvalue weighted by Crippen LogP contribution is -2.08. The molecule has 0 fully saturated rings. The van der Waals surface area contributed by atoms with Crippen molar-refractivity contribution < 1.29 is 0 Å². The zero-order valence-electron chi connectivity index (χ0n) is 16.3. The largest absolute Gasteiger partial charge is 0.378 e. The van der Waals surface area contributed by atoms with Crippen LogP contribution in [0.15, 0.2) is 94.4 Å². The van der Waals surface area contributed by atoms with Crippen LogP contribution in [0.25, 0.3) is 16.9 Å². The van der Waals surface area contributed by atoms with E-state index >= 15 is 0 Å². The maximum atomic E-state index is 4.81. The lowest BCUT2D eigenvalue weighted by atomic mass is 10.1. The van der Waals surface area contributed by atoms with E-state index < -0.39 is 0 Å². The summed E-state index contributed by atoms with van der Waals surface area (Å²) in [7, 11) is 4.07. The molecule has 1 heterocycles. The average Bonchev–Trinajstić information content (AvgIpc) is 3.18. The van der Waals surface area contributed by atoms with Crippen LogP contribution in [-0.2, 0) is 0 Å². The van der Waals surface area contributed by atoms with Crippen molar-refractivity contribution in [3.05, 3.63) is 95.0 Å². The summed E-state index contributed by atoms with van der Waals surface area (Å²) < 4.78 is 2.92. The number of rotatable bonds is 5. The van der Waals surface area contributed by atoms with E-state index in [4.69, 9.17) is 10.1 Å². The van der Waals surface area contributed by atoms with Gasteiger partial charge < -0.3 is 4.90 Å². The van der Waals surface area contributed by atoms with Crippen molar-refractivity contribution in [2.45, 2.75) is 0 Å². The molecule has 0 N–H and O–H groups in total. The van der Waals surface area contributed by atoms with Crippen molar-refractivity contribution >= 4 is 33.6 Å². The molecule has 144 valence electrons. The second-order valence-corrected chi connectivity index (χ2v) is 7.80. The number of hydrogen-bond donors (Lipinski definition) is 0. The molecule has 0 bridgehead atoms. The summed E-state index contributed by atoms with van der Waals surface area (Å²) in [5.41, 5.74) is 5.12. The summed E-state index contributed by atoms with van der Waals surface area (Å²) in [6, 6.07) is 28.5. The van der Waals surface area contributed by atoms with Gasteiger partial charge in [0.05, 0.1) is 11.4 Å². The Morgan fingerprint density at radius 2 is 1.59 bits per heavy atom. The van der Waals surface area contributed by atoms with Crippen LogP contribution in [0.1, 0.15) is 5.56 Å². The molecule has 0 radical (unpaired) electrons. The first kappa shape index (κ1) is 19.2. The molecule has 0 spiro atoms. The SMILES string of the molecule is CN(C)c1ccc(/C=N/c2cc(-c3ccc(Br)cc3)nn2-c2ccccc2)cc1. The van der Waals surface area contributed by atoms with Crippen molar-refractivity contribution in [2.24, 2.45) is 4.99 Å². The van der Waals surface area contributed by atoms with Gasteiger partial charge in [-0.1, -0.05) is 58.4 Å². The monoisotopic (exact) mass is 444 g/mol. The van der Waals surface area contributed by atoms with Crippen molar-refractivity contribution in [3.8, 4) is 16.9 Å². The molecular formula is C24H21BrN4. The van der Waals surface area contributed by atoms with E-state index in [1.165, 1.54) is 0 Å². The van der Waals surface area contributed by atoms with E-state index in [1.54, 1.807) is 0 Å². The van der Waals surface area contributed by atoms with E-state index in [0.29, 0.717) is 0 Å². The van der Waals surface area contributed by atoms with Gasteiger partial charge in [-0.2, -0.15) is 5.10 Å². The second kappa shape index (κ2) is 8.45. The van der Waals surface area contributed by atoms with Crippen LogP contribution < -0.4 is 4.90 Å². The van der Waals surface area contributed by atoms with Gasteiger partial charge in [0.25, 0.3) is 0 Å². The summed E-state index contributed by atoms with van der Waals surface area (Å²) in [6.07, 6.45) is 1.88. The van der Waals surface area contributed by atoms with Gasteiger partial charge in [0.2, 0.25) is 0 Å². The highest BCUT2D eigenvalue weighted by atomic mass is 79.9. The van der Waals surface area contributed by atoms with Gasteiger partial charge >= 0.3 is 0 Å². The molecule has 0 unspecified atom stereocenters. The number of halogens is 1. The minimum atomic E-state index is 0.783. The molecule has 29 heavy (non-hydrogen) atoms. The Hall–Kier alpha value is -3.18. The van der Waals surface area contributed by atoms with E-state index in [2.05, 4.69) is 57.2 Å². The van der Waals surface area contributed by atoms with Gasteiger partial charge in [0.15, 0.2) is 5.82 Å². The number of hydrogen-bond acceptors (Lipinski definition) is 3. The van der Waals surface area contributed by atoms with Crippen LogP contribution in [0.2, 0.25) is 0 Å². The van der Waals surface area contributed by atoms with Crippen molar-refractivity contribution in [2.75, 3.05) is 19.0 Å². The van der Waals surface area contributed by atoms with Crippen molar-refractivity contribution in [1.29, 1.82) is 0 Å². The van der Waals surface area contributed by atoms with Gasteiger partial charge in [-0.3, -0.25) is 0 Å². The highest BCUT2D eigenvalue weighted by Gasteiger charge is 2.10. The summed E-state index contributed by atoms with van der Waals surface area (Å²) in [5.74, 6) is 0.783. The molecule has 0 aliphatic heterocycles. The third kappa shape index (κ3) is 4.46. The van der Waals surface area contributed by atoms with E-state index in [1.807, 2.05) is 73.5 Å². The van der Waals surface area contributed by atoms with Gasteiger partial charge in [0, 0.05) is 42.1 Å². The smallest absolute Gasteiger partial charge is 0.156 e. The molecule has 4 rings (SSSR count). The minimum absolute atomic E-state index is 0.783. The quantitative estimate of drug-likeness (QED) is 0.347. The predicted octanol–water partition coefficient (Wildman–Crippen LogP) is 6.12. The normalized spacial score (nSPS) is 11.1. The van der Waals surface area contributed by atoms with Crippen molar-refractivity contribution in [3.63, 3.8) is 0 Å². The molecule has 1 aromatic heterocycles. The number of aromatic nitrogens is 2. The molecule has 5 heteroatoms. The van der Waals surface area contributed by atoms with Gasteiger partial charge in [-0.15, -0.1) is 0 Å². The maximum Gasteiger partial charge on any atom is 0.156 e. The van der Waals surface area contributed by atoms with E-state index in [9.17, 15) is 0 Å². The van der Waals surface area contributed by atoms with Gasteiger partial charge in [-0.25, -0.2) is 9.67 Å². The fourth-order valence-electron chi connectivity index (χ4n) is 2.98. The molecule has 0 aliphatic carbocycles. The fraction of sp³-hybridized carbons (Fsp3) is 0.0833. The fourth-order valence-corrected chi connectivity index (χ4v) is 3.25. The second-order valence-electron chi connectivity index (χ2n) is 6.89. The molecule has 0 saturated heterocycles. The summed E-state index contributed by atoms with van der Waals surface area (Å²) >= 11 is 3.49. The zero-order valence-corrected chi connectivity index (χ0v) is 17.9. The molecule has 4 aromatic rings. The Balaban J connectivity index is 1.71. The third-order valence-electron chi connectivity index (χ3n) is 4.59. The average molecular weight is 445 g/mol. The van der Waals surface area contributed by atoms with Crippen LogP contribution in [-0.4, -0.2) is 30.1 Å². The van der Waals surface area contributed by atoms with Crippen LogP contribution in [0.4, 0.5) is 11.5 Å². The first-order valence-electron chi connectivity index (χ1n) is 9.33. The van der Waals surface area contributed by atoms with Crippen LogP contribution in [0, 0.1) is 0 Å². The Labute approximate surface area is 179 Å². The van der Waals surface area contributed by atoms with Gasteiger partial charge in [-0.05, 0) is 42.0 Å². The van der Waals surface area contributed by atoms with Crippen molar-refractivity contribution in [1.82, 2.24) is 9.78 Å². The minimum Gasteiger partial charge on any atom is -0.378 e. The third-order valence-corrected chi connectivity index (χ3v) is 5.12. The van der Waals surface area contributed by atoms with E-state index in [-0.39, 0.29) is 0 Å². The Morgan fingerprint density at radius 3 is 2.24 bits per heavy atom. The summed E-state index contributed by atoms with van der Waals surface area (Å²) in [6.45, 7) is 0. The van der Waals surface area contributed by atoms with Crippen LogP contribution >= 0.6 is 15.9 Å². The number of nitrogens with zero attached hydrogens (tertiary/aromatic N) is 4. The molecule has 3 aromatic carbocycles. The topological polar surface area (TPSA) is 33.4 Å². The summed E-state index contributed by atoms with van der Waals surface area (Å²) in [5, 5.41) is 4.81. The Bertz CT molecular complexity index is 1110. The molecule has 0 atom stereocenters. The highest BCUT2D eigenvalue weighted by molar-refractivity contribution is 9.10. The Morgan fingerprint density at radius 1 is 0.897 bits per heavy atom. The standard InChI is InChI=1S/C24H21BrN4/c1-28(2)21-14-8-18(9-15-21)17-26-24-16-23(19-10-12-20(25)13-11-19)27-29(24)22-6-4-3-5-7-22/h3-17H,1-2H3/b26-17+. The number of para-hydroxylation sites is 1. The molecule has 0 aliphatic rings. The summed E-state index contributed by atoms with van der Waals surface area (Å²) in [4.78, 5) is 6.82. The number of aliphatic imine (C=N–C) groups is 1. The molecule has 0 amide bonds.